The summed E-state index contributed by atoms with van der Waals surface area (Å²) in [5, 5.41) is 4.21. The molecule has 0 radical (unpaired) electrons. The van der Waals surface area contributed by atoms with Crippen molar-refractivity contribution in [3.05, 3.63) is 53.4 Å². The summed E-state index contributed by atoms with van der Waals surface area (Å²) < 4.78 is 28.7. The summed E-state index contributed by atoms with van der Waals surface area (Å²) in [6.45, 7) is 2.87. The second kappa shape index (κ2) is 6.58. The van der Waals surface area contributed by atoms with Crippen molar-refractivity contribution in [1.82, 2.24) is 15.2 Å². The van der Waals surface area contributed by atoms with Crippen molar-refractivity contribution in [2.75, 3.05) is 0 Å². The largest absolute Gasteiger partial charge is 0.272 e. The van der Waals surface area contributed by atoms with Crippen molar-refractivity contribution in [2.24, 2.45) is 5.84 Å². The van der Waals surface area contributed by atoms with Gasteiger partial charge in [-0.3, -0.25) is 16.0 Å². The minimum Gasteiger partial charge on any atom is -0.272 e. The maximum absolute atomic E-state index is 13.7. The average Bonchev–Trinajstić information content (AvgIpc) is 2.89. The lowest BCUT2D eigenvalue weighted by Gasteiger charge is -2.14. The Kier molecular flexibility index (Phi) is 4.81. The van der Waals surface area contributed by atoms with E-state index in [0.29, 0.717) is 0 Å². The van der Waals surface area contributed by atoms with Gasteiger partial charge in [0, 0.05) is 18.3 Å². The lowest BCUT2D eigenvalue weighted by molar-refractivity contribution is 0.481. The monoisotopic (exact) mass is 280 g/mol. The third-order valence-electron chi connectivity index (χ3n) is 3.17. The Bertz CT molecular complexity index is 568. The van der Waals surface area contributed by atoms with Crippen LogP contribution in [-0.4, -0.2) is 9.78 Å². The van der Waals surface area contributed by atoms with Gasteiger partial charge in [0.05, 0.1) is 12.2 Å². The van der Waals surface area contributed by atoms with Crippen LogP contribution in [0.1, 0.15) is 30.5 Å². The highest BCUT2D eigenvalue weighted by Crippen LogP contribution is 2.20. The highest BCUT2D eigenvalue weighted by atomic mass is 19.2. The van der Waals surface area contributed by atoms with Crippen molar-refractivity contribution in [3.8, 4) is 0 Å². The molecular formula is C14H18F2N4. The number of aryl methyl sites for hydroxylation is 1. The van der Waals surface area contributed by atoms with Crippen LogP contribution < -0.4 is 11.3 Å². The van der Waals surface area contributed by atoms with Crippen molar-refractivity contribution < 1.29 is 8.78 Å². The highest BCUT2D eigenvalue weighted by Gasteiger charge is 2.16. The topological polar surface area (TPSA) is 55.9 Å². The van der Waals surface area contributed by atoms with Crippen LogP contribution in [0, 0.1) is 11.6 Å². The molecule has 0 spiro atoms. The molecule has 1 aromatic carbocycles. The first-order valence-corrected chi connectivity index (χ1v) is 6.57. The molecule has 4 nitrogen and oxygen atoms in total. The fourth-order valence-electron chi connectivity index (χ4n) is 2.11. The van der Waals surface area contributed by atoms with Crippen LogP contribution in [0.2, 0.25) is 0 Å². The Morgan fingerprint density at radius 2 is 2.20 bits per heavy atom. The van der Waals surface area contributed by atoms with E-state index in [-0.39, 0.29) is 18.0 Å². The molecule has 3 N–H and O–H groups in total. The number of nitrogens with zero attached hydrogens (tertiary/aromatic N) is 2. The lowest BCUT2D eigenvalue weighted by Crippen LogP contribution is -2.29. The molecule has 1 aromatic heterocycles. The molecule has 2 rings (SSSR count). The highest BCUT2D eigenvalue weighted by molar-refractivity contribution is 5.23. The maximum atomic E-state index is 13.7. The van der Waals surface area contributed by atoms with Gasteiger partial charge >= 0.3 is 0 Å². The van der Waals surface area contributed by atoms with Crippen LogP contribution in [0.15, 0.2) is 30.6 Å². The van der Waals surface area contributed by atoms with E-state index in [1.165, 1.54) is 6.07 Å². The van der Waals surface area contributed by atoms with E-state index in [9.17, 15) is 8.78 Å². The SMILES string of the molecule is CCCn1cc(C(Cc2cccc(F)c2F)NN)cn1. The number of benzene rings is 1. The summed E-state index contributed by atoms with van der Waals surface area (Å²) >= 11 is 0. The van der Waals surface area contributed by atoms with Gasteiger partial charge in [-0.25, -0.2) is 8.78 Å². The minimum absolute atomic E-state index is 0.262. The molecule has 108 valence electrons. The summed E-state index contributed by atoms with van der Waals surface area (Å²) in [5.74, 6) is 3.85. The molecule has 0 aliphatic carbocycles. The van der Waals surface area contributed by atoms with Crippen molar-refractivity contribution >= 4 is 0 Å². The number of hydrogen-bond acceptors (Lipinski definition) is 3. The predicted molar refractivity (Wildman–Crippen MR) is 72.6 cm³/mol. The van der Waals surface area contributed by atoms with Gasteiger partial charge < -0.3 is 0 Å². The Hall–Kier alpha value is -1.79. The van der Waals surface area contributed by atoms with Crippen molar-refractivity contribution in [3.63, 3.8) is 0 Å². The molecule has 0 aliphatic heterocycles. The summed E-state index contributed by atoms with van der Waals surface area (Å²) in [6, 6.07) is 3.83. The van der Waals surface area contributed by atoms with Crippen molar-refractivity contribution in [2.45, 2.75) is 32.4 Å². The van der Waals surface area contributed by atoms with E-state index in [2.05, 4.69) is 17.4 Å². The smallest absolute Gasteiger partial charge is 0.162 e. The lowest BCUT2D eigenvalue weighted by atomic mass is 10.0. The standard InChI is InChI=1S/C14H18F2N4/c1-2-6-20-9-11(8-18-20)13(19-17)7-10-4-3-5-12(15)14(10)16/h3-5,8-9,13,19H,2,6-7,17H2,1H3. The summed E-state index contributed by atoms with van der Waals surface area (Å²) in [6.07, 6.45) is 4.79. The van der Waals surface area contributed by atoms with Crippen LogP contribution >= 0.6 is 0 Å². The Balaban J connectivity index is 2.17. The van der Waals surface area contributed by atoms with Gasteiger partial charge in [0.2, 0.25) is 0 Å². The van der Waals surface area contributed by atoms with E-state index in [4.69, 9.17) is 5.84 Å². The first-order chi connectivity index (χ1) is 9.65. The number of nitrogens with one attached hydrogen (secondary N) is 1. The third kappa shape index (κ3) is 3.20. The molecular weight excluding hydrogens is 262 g/mol. The number of halogens is 2. The summed E-state index contributed by atoms with van der Waals surface area (Å²) in [5.41, 5.74) is 3.77. The summed E-state index contributed by atoms with van der Waals surface area (Å²) in [7, 11) is 0. The maximum Gasteiger partial charge on any atom is 0.162 e. The third-order valence-corrected chi connectivity index (χ3v) is 3.17. The Morgan fingerprint density at radius 3 is 2.90 bits per heavy atom. The molecule has 0 saturated heterocycles. The number of hydrogen-bond donors (Lipinski definition) is 2. The summed E-state index contributed by atoms with van der Waals surface area (Å²) in [4.78, 5) is 0. The molecule has 0 saturated carbocycles. The fraction of sp³-hybridized carbons (Fsp3) is 0.357. The Morgan fingerprint density at radius 1 is 1.40 bits per heavy atom. The van der Waals surface area contributed by atoms with E-state index < -0.39 is 11.6 Å². The molecule has 1 heterocycles. The first kappa shape index (κ1) is 14.6. The second-order valence-corrected chi connectivity index (χ2v) is 4.67. The van der Waals surface area contributed by atoms with Crippen LogP contribution in [0.25, 0.3) is 0 Å². The molecule has 0 fully saturated rings. The average molecular weight is 280 g/mol. The van der Waals surface area contributed by atoms with Gasteiger partial charge in [-0.1, -0.05) is 19.1 Å². The molecule has 0 amide bonds. The molecule has 0 aliphatic rings. The number of nitrogens with two attached hydrogens (primary N) is 1. The molecule has 0 bridgehead atoms. The van der Waals surface area contributed by atoms with Gasteiger partial charge in [0.25, 0.3) is 0 Å². The van der Waals surface area contributed by atoms with E-state index in [1.54, 1.807) is 12.3 Å². The van der Waals surface area contributed by atoms with Gasteiger partial charge in [0.1, 0.15) is 0 Å². The molecule has 1 unspecified atom stereocenters. The Labute approximate surface area is 116 Å². The van der Waals surface area contributed by atoms with E-state index in [0.717, 1.165) is 24.6 Å². The number of rotatable bonds is 6. The fourth-order valence-corrected chi connectivity index (χ4v) is 2.11. The van der Waals surface area contributed by atoms with E-state index in [1.807, 2.05) is 10.9 Å². The van der Waals surface area contributed by atoms with Gasteiger partial charge in [-0.15, -0.1) is 0 Å². The van der Waals surface area contributed by atoms with Crippen LogP contribution in [0.3, 0.4) is 0 Å². The quantitative estimate of drug-likeness (QED) is 0.630. The van der Waals surface area contributed by atoms with E-state index >= 15 is 0 Å². The zero-order valence-electron chi connectivity index (χ0n) is 11.3. The second-order valence-electron chi connectivity index (χ2n) is 4.67. The number of hydrazine groups is 1. The van der Waals surface area contributed by atoms with Crippen LogP contribution in [0.4, 0.5) is 8.78 Å². The van der Waals surface area contributed by atoms with Crippen LogP contribution in [0.5, 0.6) is 0 Å². The minimum atomic E-state index is -0.847. The predicted octanol–water partition coefficient (Wildman–Crippen LogP) is 2.32. The van der Waals surface area contributed by atoms with Gasteiger partial charge in [-0.2, -0.15) is 5.10 Å². The molecule has 1 atom stereocenters. The normalized spacial score (nSPS) is 12.6. The van der Waals surface area contributed by atoms with Gasteiger partial charge in [-0.05, 0) is 24.5 Å². The first-order valence-electron chi connectivity index (χ1n) is 6.57. The molecule has 20 heavy (non-hydrogen) atoms. The zero-order valence-corrected chi connectivity index (χ0v) is 11.3. The molecule has 2 aromatic rings. The molecule has 6 heteroatoms. The zero-order chi connectivity index (χ0) is 14.5. The van der Waals surface area contributed by atoms with Gasteiger partial charge in [0.15, 0.2) is 11.6 Å². The van der Waals surface area contributed by atoms with Crippen LogP contribution in [-0.2, 0) is 13.0 Å². The number of aromatic nitrogens is 2. The van der Waals surface area contributed by atoms with Crippen molar-refractivity contribution in [1.29, 1.82) is 0 Å².